The van der Waals surface area contributed by atoms with E-state index in [1.165, 1.54) is 0 Å². The molecule has 0 saturated carbocycles. The van der Waals surface area contributed by atoms with Gasteiger partial charge in [-0.3, -0.25) is 4.55 Å². The third kappa shape index (κ3) is 4.75. The fraction of sp³-hybridized carbons (Fsp3) is 0.143. The Balaban J connectivity index is 2.16. The lowest BCUT2D eigenvalue weighted by Crippen LogP contribution is -2.12. The molecule has 1 N–H and O–H groups in total. The average molecular weight is 294 g/mol. The molecule has 0 aliphatic rings. The van der Waals surface area contributed by atoms with Gasteiger partial charge in [-0.25, -0.2) is 4.89 Å². The Morgan fingerprint density at radius 1 is 0.950 bits per heavy atom. The molecule has 0 heterocycles. The highest BCUT2D eigenvalue weighted by molar-refractivity contribution is 7.80. The van der Waals surface area contributed by atoms with Gasteiger partial charge in [0.1, 0.15) is 6.10 Å². The quantitative estimate of drug-likeness (QED) is 0.504. The van der Waals surface area contributed by atoms with Gasteiger partial charge in [-0.15, -0.1) is 0 Å². The molecule has 6 heteroatoms. The van der Waals surface area contributed by atoms with Crippen molar-refractivity contribution < 1.29 is 22.2 Å². The van der Waals surface area contributed by atoms with E-state index in [0.29, 0.717) is 6.42 Å². The van der Waals surface area contributed by atoms with Gasteiger partial charge in [-0.05, 0) is 11.1 Å². The Bertz CT molecular complexity index is 625. The number of hydrogen-bond acceptors (Lipinski definition) is 4. The highest BCUT2D eigenvalue weighted by Crippen LogP contribution is 2.23. The van der Waals surface area contributed by atoms with Gasteiger partial charge in [0, 0.05) is 6.42 Å². The van der Waals surface area contributed by atoms with E-state index >= 15 is 0 Å². The summed E-state index contributed by atoms with van der Waals surface area (Å²) in [7, 11) is -4.64. The second-order valence-electron chi connectivity index (χ2n) is 4.18. The van der Waals surface area contributed by atoms with Crippen LogP contribution in [0.2, 0.25) is 0 Å². The zero-order valence-corrected chi connectivity index (χ0v) is 11.4. The van der Waals surface area contributed by atoms with Crippen molar-refractivity contribution in [3.8, 4) is 0 Å². The Hall–Kier alpha value is -1.73. The first kappa shape index (κ1) is 14.7. The van der Waals surface area contributed by atoms with Gasteiger partial charge >= 0.3 is 10.4 Å². The molecule has 2 aromatic carbocycles. The van der Waals surface area contributed by atoms with Gasteiger partial charge in [0.15, 0.2) is 0 Å². The molecule has 0 saturated heterocycles. The van der Waals surface area contributed by atoms with Crippen LogP contribution in [-0.4, -0.2) is 13.0 Å². The molecule has 0 bridgehead atoms. The first-order chi connectivity index (χ1) is 9.54. The summed E-state index contributed by atoms with van der Waals surface area (Å²) in [6, 6.07) is 18.5. The molecular weight excluding hydrogens is 280 g/mol. The van der Waals surface area contributed by atoms with Gasteiger partial charge in [-0.2, -0.15) is 8.42 Å². The highest BCUT2D eigenvalue weighted by Gasteiger charge is 2.17. The number of rotatable bonds is 6. The molecule has 5 nitrogen and oxygen atoms in total. The van der Waals surface area contributed by atoms with E-state index in [9.17, 15) is 8.42 Å². The van der Waals surface area contributed by atoms with Gasteiger partial charge in [0.05, 0.1) is 0 Å². The molecule has 2 aromatic rings. The van der Waals surface area contributed by atoms with Crippen LogP contribution in [0.1, 0.15) is 17.2 Å². The SMILES string of the molecule is O=S(=O)(O)OOC(Cc1ccccc1)c1ccccc1. The van der Waals surface area contributed by atoms with E-state index in [1.807, 2.05) is 48.5 Å². The Morgan fingerprint density at radius 3 is 2.05 bits per heavy atom. The summed E-state index contributed by atoms with van der Waals surface area (Å²) in [6.45, 7) is 0. The molecule has 0 fully saturated rings. The molecular formula is C14H14O5S. The van der Waals surface area contributed by atoms with Crippen LogP contribution in [0.4, 0.5) is 0 Å². The maximum Gasteiger partial charge on any atom is 0.424 e. The monoisotopic (exact) mass is 294 g/mol. The van der Waals surface area contributed by atoms with Crippen molar-refractivity contribution in [3.05, 3.63) is 71.8 Å². The minimum Gasteiger partial charge on any atom is -0.262 e. The fourth-order valence-electron chi connectivity index (χ4n) is 1.80. The summed E-state index contributed by atoms with van der Waals surface area (Å²) in [5.41, 5.74) is 1.71. The molecule has 20 heavy (non-hydrogen) atoms. The van der Waals surface area contributed by atoms with Crippen molar-refractivity contribution in [1.82, 2.24) is 0 Å². The third-order valence-electron chi connectivity index (χ3n) is 2.68. The molecule has 0 aliphatic heterocycles. The molecule has 0 aliphatic carbocycles. The summed E-state index contributed by atoms with van der Waals surface area (Å²) in [4.78, 5) is 4.86. The number of benzene rings is 2. The van der Waals surface area contributed by atoms with Gasteiger partial charge < -0.3 is 0 Å². The van der Waals surface area contributed by atoms with Crippen LogP contribution in [-0.2, 0) is 26.0 Å². The molecule has 106 valence electrons. The van der Waals surface area contributed by atoms with E-state index in [0.717, 1.165) is 11.1 Å². The molecule has 1 unspecified atom stereocenters. The van der Waals surface area contributed by atoms with E-state index < -0.39 is 16.5 Å². The second-order valence-corrected chi connectivity index (χ2v) is 5.17. The lowest BCUT2D eigenvalue weighted by atomic mass is 10.0. The van der Waals surface area contributed by atoms with Crippen molar-refractivity contribution in [3.63, 3.8) is 0 Å². The lowest BCUT2D eigenvalue weighted by molar-refractivity contribution is -0.248. The fourth-order valence-corrected chi connectivity index (χ4v) is 1.99. The minimum atomic E-state index is -4.64. The van der Waals surface area contributed by atoms with Gasteiger partial charge in [0.2, 0.25) is 0 Å². The summed E-state index contributed by atoms with van der Waals surface area (Å²) < 4.78 is 33.9. The Labute approximate surface area is 117 Å². The van der Waals surface area contributed by atoms with Gasteiger partial charge in [0.25, 0.3) is 0 Å². The van der Waals surface area contributed by atoms with Crippen LogP contribution in [0.3, 0.4) is 0 Å². The average Bonchev–Trinajstić information content (AvgIpc) is 2.44. The zero-order valence-electron chi connectivity index (χ0n) is 10.5. The standard InChI is InChI=1S/C14H14O5S/c15-20(16,17)19-18-14(13-9-5-2-6-10-13)11-12-7-3-1-4-8-12/h1-10,14H,11H2,(H,15,16,17). The lowest BCUT2D eigenvalue weighted by Gasteiger charge is -2.15. The predicted octanol–water partition coefficient (Wildman–Crippen LogP) is 2.72. The highest BCUT2D eigenvalue weighted by atomic mass is 32.3. The summed E-state index contributed by atoms with van der Waals surface area (Å²) >= 11 is 0. The van der Waals surface area contributed by atoms with Crippen LogP contribution < -0.4 is 0 Å². The maximum absolute atomic E-state index is 10.6. The first-order valence-electron chi connectivity index (χ1n) is 5.96. The van der Waals surface area contributed by atoms with E-state index in [2.05, 4.69) is 4.33 Å². The van der Waals surface area contributed by atoms with Crippen molar-refractivity contribution in [2.24, 2.45) is 0 Å². The molecule has 2 rings (SSSR count). The molecule has 0 amide bonds. The third-order valence-corrected chi connectivity index (χ3v) is 2.93. The van der Waals surface area contributed by atoms with Crippen molar-refractivity contribution in [2.45, 2.75) is 12.5 Å². The van der Waals surface area contributed by atoms with Crippen LogP contribution >= 0.6 is 0 Å². The van der Waals surface area contributed by atoms with E-state index in [-0.39, 0.29) is 0 Å². The minimum absolute atomic E-state index is 0.417. The molecule has 0 aromatic heterocycles. The zero-order chi connectivity index (χ0) is 14.4. The van der Waals surface area contributed by atoms with Crippen molar-refractivity contribution >= 4 is 10.4 Å². The van der Waals surface area contributed by atoms with Gasteiger partial charge in [-0.1, -0.05) is 65.0 Å². The van der Waals surface area contributed by atoms with Crippen molar-refractivity contribution in [2.75, 3.05) is 0 Å². The van der Waals surface area contributed by atoms with Crippen LogP contribution in [0.5, 0.6) is 0 Å². The smallest absolute Gasteiger partial charge is 0.262 e. The normalized spacial score (nSPS) is 13.1. The topological polar surface area (TPSA) is 72.8 Å². The largest absolute Gasteiger partial charge is 0.424 e. The summed E-state index contributed by atoms with van der Waals surface area (Å²) in [5.74, 6) is 0. The number of hydrogen-bond donors (Lipinski definition) is 1. The Morgan fingerprint density at radius 2 is 1.50 bits per heavy atom. The summed E-state index contributed by atoms with van der Waals surface area (Å²) in [6.07, 6.45) is -0.221. The van der Waals surface area contributed by atoms with Crippen LogP contribution in [0.25, 0.3) is 0 Å². The second kappa shape index (κ2) is 6.62. The van der Waals surface area contributed by atoms with Crippen LogP contribution in [0.15, 0.2) is 60.7 Å². The Kier molecular flexibility index (Phi) is 4.86. The van der Waals surface area contributed by atoms with E-state index in [4.69, 9.17) is 9.44 Å². The molecule has 0 spiro atoms. The van der Waals surface area contributed by atoms with E-state index in [1.54, 1.807) is 12.1 Å². The molecule has 1 atom stereocenters. The first-order valence-corrected chi connectivity index (χ1v) is 7.32. The predicted molar refractivity (Wildman–Crippen MR) is 73.0 cm³/mol. The summed E-state index contributed by atoms with van der Waals surface area (Å²) in [5, 5.41) is 0. The maximum atomic E-state index is 10.6. The van der Waals surface area contributed by atoms with Crippen molar-refractivity contribution in [1.29, 1.82) is 0 Å². The van der Waals surface area contributed by atoms with Crippen LogP contribution in [0, 0.1) is 0 Å². The molecule has 0 radical (unpaired) electrons.